The fourth-order valence-corrected chi connectivity index (χ4v) is 7.84. The van der Waals surface area contributed by atoms with Crippen LogP contribution in [0.2, 0.25) is 0 Å². The number of hydrogen-bond acceptors (Lipinski definition) is 5. The first-order valence-corrected chi connectivity index (χ1v) is 15.7. The zero-order valence-corrected chi connectivity index (χ0v) is 26.2. The molecule has 5 rings (SSSR count). The molecule has 5 atom stereocenters. The molecule has 2 unspecified atom stereocenters. The van der Waals surface area contributed by atoms with Gasteiger partial charge in [0.05, 0.1) is 17.4 Å². The van der Waals surface area contributed by atoms with Crippen LogP contribution in [-0.4, -0.2) is 76.1 Å². The molecule has 2 bridgehead atoms. The van der Waals surface area contributed by atoms with Crippen LogP contribution in [0.1, 0.15) is 49.3 Å². The highest BCUT2D eigenvalue weighted by molar-refractivity contribution is 6.05. The third-order valence-corrected chi connectivity index (χ3v) is 9.85. The molecule has 3 fully saturated rings. The van der Waals surface area contributed by atoms with Gasteiger partial charge in [-0.1, -0.05) is 61.5 Å². The zero-order valence-electron chi connectivity index (χ0n) is 26.2. The molecule has 3 aliphatic rings. The molecule has 3 saturated heterocycles. The molecule has 1 N–H and O–H groups in total. The number of aliphatic hydroxyl groups is 1. The molecule has 1 spiro atoms. The Balaban J connectivity index is 1.59. The molecule has 3 heterocycles. The lowest BCUT2D eigenvalue weighted by molar-refractivity contribution is -0.151. The summed E-state index contributed by atoms with van der Waals surface area (Å²) < 4.78 is 6.99. The van der Waals surface area contributed by atoms with Crippen molar-refractivity contribution in [1.29, 1.82) is 0 Å². The third kappa shape index (κ3) is 5.18. The molecule has 0 radical (unpaired) electrons. The average molecular weight is 600 g/mol. The molecule has 0 aromatic heterocycles. The van der Waals surface area contributed by atoms with Gasteiger partial charge in [0.1, 0.15) is 11.6 Å². The Morgan fingerprint density at radius 2 is 1.80 bits per heavy atom. The summed E-state index contributed by atoms with van der Waals surface area (Å²) in [6, 6.07) is 14.8. The number of anilines is 1. The lowest BCUT2D eigenvalue weighted by Crippen LogP contribution is -2.56. The number of hydrogen-bond donors (Lipinski definition) is 1. The van der Waals surface area contributed by atoms with E-state index in [1.165, 1.54) is 0 Å². The molecule has 2 aromatic carbocycles. The number of nitrogens with zero attached hydrogens (tertiary/aromatic N) is 3. The second-order valence-electron chi connectivity index (χ2n) is 12.5. The Morgan fingerprint density at radius 1 is 1.07 bits per heavy atom. The molecule has 3 aliphatic heterocycles. The van der Waals surface area contributed by atoms with Crippen LogP contribution >= 0.6 is 0 Å². The fourth-order valence-electron chi connectivity index (χ4n) is 7.84. The molecular weight excluding hydrogens is 554 g/mol. The van der Waals surface area contributed by atoms with Crippen molar-refractivity contribution in [1.82, 2.24) is 9.80 Å². The van der Waals surface area contributed by atoms with Gasteiger partial charge in [-0.15, -0.1) is 13.2 Å². The van der Waals surface area contributed by atoms with E-state index in [4.69, 9.17) is 4.74 Å². The first-order chi connectivity index (χ1) is 21.2. The monoisotopic (exact) mass is 599 g/mol. The lowest BCUT2D eigenvalue weighted by atomic mass is 9.64. The number of aliphatic hydroxyl groups excluding tert-OH is 1. The quantitative estimate of drug-likeness (QED) is 0.341. The van der Waals surface area contributed by atoms with Crippen LogP contribution in [0.5, 0.6) is 0 Å². The van der Waals surface area contributed by atoms with Crippen LogP contribution in [0.4, 0.5) is 5.69 Å². The van der Waals surface area contributed by atoms with Crippen LogP contribution in [0.25, 0.3) is 0 Å². The van der Waals surface area contributed by atoms with Crippen molar-refractivity contribution in [2.24, 2.45) is 11.8 Å². The number of carbonyl (C=O) groups excluding carboxylic acids is 3. The van der Waals surface area contributed by atoms with Gasteiger partial charge >= 0.3 is 0 Å². The van der Waals surface area contributed by atoms with E-state index in [2.05, 4.69) is 13.2 Å². The molecule has 0 aliphatic carbocycles. The van der Waals surface area contributed by atoms with Gasteiger partial charge < -0.3 is 24.5 Å². The summed E-state index contributed by atoms with van der Waals surface area (Å²) in [7, 11) is 0. The molecule has 8 nitrogen and oxygen atoms in total. The number of fused-ring (bicyclic) bond motifs is 1. The molecular formula is C36H45N3O5. The highest BCUT2D eigenvalue weighted by Gasteiger charge is 2.79. The van der Waals surface area contributed by atoms with Crippen molar-refractivity contribution >= 4 is 23.4 Å². The number of aryl methyl sites for hydroxylation is 2. The van der Waals surface area contributed by atoms with Crippen molar-refractivity contribution in [2.75, 3.05) is 31.1 Å². The van der Waals surface area contributed by atoms with Crippen molar-refractivity contribution in [3.8, 4) is 0 Å². The zero-order chi connectivity index (χ0) is 31.6. The van der Waals surface area contributed by atoms with Crippen molar-refractivity contribution in [3.05, 3.63) is 90.5 Å². The number of amides is 3. The van der Waals surface area contributed by atoms with Crippen LogP contribution in [-0.2, 0) is 25.7 Å². The lowest BCUT2D eigenvalue weighted by Gasteiger charge is -2.37. The maximum Gasteiger partial charge on any atom is 0.253 e. The van der Waals surface area contributed by atoms with Gasteiger partial charge in [0.2, 0.25) is 11.8 Å². The van der Waals surface area contributed by atoms with Crippen LogP contribution in [0.15, 0.2) is 73.8 Å². The third-order valence-electron chi connectivity index (χ3n) is 9.85. The van der Waals surface area contributed by atoms with Crippen LogP contribution in [0.3, 0.4) is 0 Å². The van der Waals surface area contributed by atoms with Gasteiger partial charge in [0, 0.05) is 38.5 Å². The molecule has 3 amide bonds. The minimum Gasteiger partial charge on any atom is -0.396 e. The van der Waals surface area contributed by atoms with E-state index < -0.39 is 29.1 Å². The van der Waals surface area contributed by atoms with Gasteiger partial charge in [0.25, 0.3) is 5.91 Å². The van der Waals surface area contributed by atoms with Crippen molar-refractivity contribution < 1.29 is 24.2 Å². The summed E-state index contributed by atoms with van der Waals surface area (Å²) in [5.74, 6) is -2.19. The van der Waals surface area contributed by atoms with E-state index in [-0.39, 0.29) is 37.4 Å². The Morgan fingerprint density at radius 3 is 2.45 bits per heavy atom. The van der Waals surface area contributed by atoms with Crippen molar-refractivity contribution in [3.63, 3.8) is 0 Å². The highest BCUT2D eigenvalue weighted by atomic mass is 16.5. The van der Waals surface area contributed by atoms with Gasteiger partial charge in [-0.25, -0.2) is 0 Å². The molecule has 234 valence electrons. The Bertz CT molecular complexity index is 1430. The number of likely N-dealkylation sites (tertiary alicyclic amines) is 1. The Hall–Kier alpha value is -3.75. The topological polar surface area (TPSA) is 90.4 Å². The predicted molar refractivity (Wildman–Crippen MR) is 171 cm³/mol. The smallest absolute Gasteiger partial charge is 0.253 e. The van der Waals surface area contributed by atoms with E-state index in [9.17, 15) is 19.5 Å². The summed E-state index contributed by atoms with van der Waals surface area (Å²) in [6.45, 7) is 14.8. The number of benzene rings is 2. The summed E-state index contributed by atoms with van der Waals surface area (Å²) in [5, 5.41) is 9.75. The minimum absolute atomic E-state index is 0.123. The molecule has 8 heteroatoms. The molecule has 2 aromatic rings. The average Bonchev–Trinajstić information content (AvgIpc) is 3.63. The van der Waals surface area contributed by atoms with E-state index in [1.807, 2.05) is 69.3 Å². The van der Waals surface area contributed by atoms with Crippen LogP contribution < -0.4 is 4.90 Å². The molecule has 0 saturated carbocycles. The van der Waals surface area contributed by atoms with E-state index in [0.29, 0.717) is 38.8 Å². The van der Waals surface area contributed by atoms with Crippen molar-refractivity contribution in [2.45, 2.75) is 70.2 Å². The number of ether oxygens (including phenoxy) is 1. The Labute approximate surface area is 261 Å². The largest absolute Gasteiger partial charge is 0.396 e. The fraction of sp³-hybridized carbons (Fsp3) is 0.472. The summed E-state index contributed by atoms with van der Waals surface area (Å²) in [4.78, 5) is 49.0. The van der Waals surface area contributed by atoms with Crippen LogP contribution in [0, 0.1) is 25.7 Å². The SMILES string of the molecule is C=CCN(Cc1ccccc1)C(=O)[C@@H]1[C@H]2C(=O)N(CCCO)C(C(=O)N(CC=C)c3cc(C)ccc3C)C23CC[C@@]1(CC)O3. The summed E-state index contributed by atoms with van der Waals surface area (Å²) >= 11 is 0. The van der Waals surface area contributed by atoms with E-state index in [0.717, 1.165) is 22.4 Å². The number of rotatable bonds is 13. The highest BCUT2D eigenvalue weighted by Crippen LogP contribution is 2.64. The van der Waals surface area contributed by atoms with Gasteiger partial charge in [-0.2, -0.15) is 0 Å². The van der Waals surface area contributed by atoms with E-state index in [1.54, 1.807) is 26.9 Å². The predicted octanol–water partition coefficient (Wildman–Crippen LogP) is 4.57. The Kier molecular flexibility index (Phi) is 9.14. The number of carbonyl (C=O) groups is 3. The first kappa shape index (κ1) is 31.7. The van der Waals surface area contributed by atoms with E-state index >= 15 is 0 Å². The summed E-state index contributed by atoms with van der Waals surface area (Å²) in [5.41, 5.74) is 1.69. The van der Waals surface area contributed by atoms with Gasteiger partial charge in [-0.3, -0.25) is 14.4 Å². The second-order valence-corrected chi connectivity index (χ2v) is 12.5. The summed E-state index contributed by atoms with van der Waals surface area (Å²) in [6.07, 6.45) is 5.34. The minimum atomic E-state index is -1.15. The normalized spacial score (nSPS) is 26.9. The van der Waals surface area contributed by atoms with Gasteiger partial charge in [0.15, 0.2) is 0 Å². The standard InChI is InChI=1S/C36H45N3O5/c1-6-19-37(24-27-13-10-9-11-14-27)32(41)29-30-33(42)39(21-12-22-40)31(36(30)18-17-35(29,8-3)44-36)34(43)38(20-7-2)28-23-25(4)15-16-26(28)5/h6-7,9-11,13-16,23,29-31,40H,1-2,8,12,17-22,24H2,3-5H3/t29-,30-,31?,35+,36?/m0/s1. The van der Waals surface area contributed by atoms with Gasteiger partial charge in [-0.05, 0) is 62.3 Å². The maximum atomic E-state index is 14.8. The first-order valence-electron chi connectivity index (χ1n) is 15.7. The maximum absolute atomic E-state index is 14.8. The second kappa shape index (κ2) is 12.7. The molecule has 44 heavy (non-hydrogen) atoms.